The van der Waals surface area contributed by atoms with E-state index in [2.05, 4.69) is 74.6 Å². The number of carboxylic acids is 1. The van der Waals surface area contributed by atoms with Gasteiger partial charge in [-0.25, -0.2) is 0 Å². The number of carbonyl (C=O) groups excluding carboxylic acids is 1. The maximum Gasteiger partial charge on any atom is 0.306 e. The second-order valence-corrected chi connectivity index (χ2v) is 13.4. The van der Waals surface area contributed by atoms with Crippen molar-refractivity contribution in [2.75, 3.05) is 0 Å². The number of hydrogen-bond acceptors (Lipinski definition) is 3. The first kappa shape index (κ1) is 45.6. The Kier molecular flexibility index (Phi) is 37.2. The predicted molar refractivity (Wildman–Crippen MR) is 208 cm³/mol. The molecular formula is C44H76O4. The molecule has 0 rings (SSSR count). The molecule has 1 atom stereocenters. The summed E-state index contributed by atoms with van der Waals surface area (Å²) in [6, 6.07) is 0. The predicted octanol–water partition coefficient (Wildman–Crippen LogP) is 14.1. The van der Waals surface area contributed by atoms with Crippen molar-refractivity contribution in [1.29, 1.82) is 0 Å². The molecule has 0 aromatic carbocycles. The van der Waals surface area contributed by atoms with Gasteiger partial charge in [-0.3, -0.25) is 9.59 Å². The second kappa shape index (κ2) is 39.1. The molecule has 0 bridgehead atoms. The summed E-state index contributed by atoms with van der Waals surface area (Å²) in [6.45, 7) is 4.42. The van der Waals surface area contributed by atoms with Crippen molar-refractivity contribution in [3.05, 3.63) is 60.8 Å². The molecule has 0 heterocycles. The number of aliphatic carboxylic acids is 1. The van der Waals surface area contributed by atoms with Crippen LogP contribution in [0.1, 0.15) is 200 Å². The van der Waals surface area contributed by atoms with Crippen LogP contribution < -0.4 is 0 Å². The minimum atomic E-state index is -0.718. The molecule has 0 aliphatic carbocycles. The fraction of sp³-hybridized carbons (Fsp3) is 0.727. The van der Waals surface area contributed by atoms with Gasteiger partial charge in [-0.15, -0.1) is 0 Å². The monoisotopic (exact) mass is 669 g/mol. The molecule has 0 spiro atoms. The summed E-state index contributed by atoms with van der Waals surface area (Å²) in [5, 5.41) is 8.81. The zero-order valence-electron chi connectivity index (χ0n) is 31.5. The lowest BCUT2D eigenvalue weighted by Crippen LogP contribution is -2.16. The van der Waals surface area contributed by atoms with Gasteiger partial charge in [-0.2, -0.15) is 0 Å². The lowest BCUT2D eigenvalue weighted by molar-refractivity contribution is -0.147. The Balaban J connectivity index is 4.08. The van der Waals surface area contributed by atoms with Crippen molar-refractivity contribution >= 4 is 11.9 Å². The lowest BCUT2D eigenvalue weighted by atomic mass is 10.1. The Labute approximate surface area is 297 Å². The minimum absolute atomic E-state index is 0.0788. The molecule has 4 nitrogen and oxygen atoms in total. The maximum absolute atomic E-state index is 12.6. The van der Waals surface area contributed by atoms with Crippen LogP contribution >= 0.6 is 0 Å². The van der Waals surface area contributed by atoms with Crippen LogP contribution in [0.3, 0.4) is 0 Å². The highest BCUT2D eigenvalue weighted by Crippen LogP contribution is 2.15. The first-order valence-electron chi connectivity index (χ1n) is 20.3. The highest BCUT2D eigenvalue weighted by Gasteiger charge is 2.11. The zero-order valence-corrected chi connectivity index (χ0v) is 31.5. The molecule has 0 saturated heterocycles. The Morgan fingerprint density at radius 1 is 0.500 bits per heavy atom. The van der Waals surface area contributed by atoms with Gasteiger partial charge < -0.3 is 9.84 Å². The van der Waals surface area contributed by atoms with E-state index in [0.29, 0.717) is 6.42 Å². The van der Waals surface area contributed by atoms with Gasteiger partial charge in [0.1, 0.15) is 6.10 Å². The standard InChI is InChI=1S/C44H76O4/c1-3-5-7-9-11-13-15-16-17-18-19-20-21-22-24-26-28-33-37-41-44(47)48-42(39-35-31-29-32-36-40-43(45)46)38-34-30-27-25-23-14-12-10-8-6-4-2/h6,8,12,14,16-17,25,27,34,38,42H,3-5,7,9-11,13,15,18-24,26,28-33,35-37,39-41H2,1-2H3,(H,45,46)/b8-6-,14-12-,17-16-,27-25-,38-34-. The molecule has 0 fully saturated rings. The van der Waals surface area contributed by atoms with E-state index in [1.807, 2.05) is 0 Å². The van der Waals surface area contributed by atoms with E-state index in [0.717, 1.165) is 77.0 Å². The maximum atomic E-state index is 12.6. The summed E-state index contributed by atoms with van der Waals surface area (Å²) >= 11 is 0. The van der Waals surface area contributed by atoms with E-state index in [4.69, 9.17) is 9.84 Å². The van der Waals surface area contributed by atoms with Gasteiger partial charge in [0.25, 0.3) is 0 Å². The average molecular weight is 669 g/mol. The molecule has 0 saturated carbocycles. The molecule has 1 unspecified atom stereocenters. The topological polar surface area (TPSA) is 63.6 Å². The van der Waals surface area contributed by atoms with Gasteiger partial charge in [-0.1, -0.05) is 165 Å². The van der Waals surface area contributed by atoms with Crippen molar-refractivity contribution < 1.29 is 19.4 Å². The van der Waals surface area contributed by atoms with Crippen LogP contribution in [0.4, 0.5) is 0 Å². The summed E-state index contributed by atoms with van der Waals surface area (Å²) in [6.07, 6.45) is 54.0. The molecule has 276 valence electrons. The van der Waals surface area contributed by atoms with Gasteiger partial charge in [0.15, 0.2) is 0 Å². The minimum Gasteiger partial charge on any atom is -0.481 e. The van der Waals surface area contributed by atoms with Gasteiger partial charge in [0.05, 0.1) is 0 Å². The first-order valence-corrected chi connectivity index (χ1v) is 20.3. The van der Waals surface area contributed by atoms with Gasteiger partial charge in [0.2, 0.25) is 0 Å². The molecular weight excluding hydrogens is 592 g/mol. The van der Waals surface area contributed by atoms with Crippen molar-refractivity contribution in [2.45, 2.75) is 206 Å². The third kappa shape index (κ3) is 38.1. The number of hydrogen-bond donors (Lipinski definition) is 1. The number of rotatable bonds is 36. The summed E-state index contributed by atoms with van der Waals surface area (Å²) in [5.41, 5.74) is 0. The Morgan fingerprint density at radius 2 is 0.938 bits per heavy atom. The fourth-order valence-corrected chi connectivity index (χ4v) is 5.74. The van der Waals surface area contributed by atoms with Crippen LogP contribution in [-0.2, 0) is 14.3 Å². The number of unbranched alkanes of at least 4 members (excludes halogenated alkanes) is 19. The molecule has 48 heavy (non-hydrogen) atoms. The average Bonchev–Trinajstić information content (AvgIpc) is 3.07. The normalized spacial score (nSPS) is 12.9. The largest absolute Gasteiger partial charge is 0.481 e. The van der Waals surface area contributed by atoms with Crippen molar-refractivity contribution in [1.82, 2.24) is 0 Å². The van der Waals surface area contributed by atoms with E-state index in [1.54, 1.807) is 0 Å². The van der Waals surface area contributed by atoms with Crippen LogP contribution in [0, 0.1) is 0 Å². The number of carboxylic acid groups (broad SMARTS) is 1. The third-order valence-corrected chi connectivity index (χ3v) is 8.71. The first-order chi connectivity index (χ1) is 23.6. The smallest absolute Gasteiger partial charge is 0.306 e. The molecule has 4 heteroatoms. The Hall–Kier alpha value is -2.36. The van der Waals surface area contributed by atoms with Crippen molar-refractivity contribution in [3.8, 4) is 0 Å². The highest BCUT2D eigenvalue weighted by atomic mass is 16.5. The van der Waals surface area contributed by atoms with E-state index in [1.165, 1.54) is 96.3 Å². The molecule has 1 N–H and O–H groups in total. The number of ether oxygens (including phenoxy) is 1. The molecule has 0 aromatic heterocycles. The van der Waals surface area contributed by atoms with Crippen LogP contribution in [0.15, 0.2) is 60.8 Å². The third-order valence-electron chi connectivity index (χ3n) is 8.71. The summed E-state index contributed by atoms with van der Waals surface area (Å²) in [5.74, 6) is -0.797. The van der Waals surface area contributed by atoms with E-state index >= 15 is 0 Å². The summed E-state index contributed by atoms with van der Waals surface area (Å²) in [7, 11) is 0. The SMILES string of the molecule is CC/C=C\C/C=C\C/C=C\C/C=C\C(CCCCCCCC(=O)O)OC(=O)CCCCCCCCCCC/C=C\CCCCCCCC. The van der Waals surface area contributed by atoms with Crippen LogP contribution in [0.2, 0.25) is 0 Å². The molecule has 0 radical (unpaired) electrons. The van der Waals surface area contributed by atoms with Gasteiger partial charge in [-0.05, 0) is 83.1 Å². The van der Waals surface area contributed by atoms with E-state index in [9.17, 15) is 9.59 Å². The number of allylic oxidation sites excluding steroid dienone is 9. The fourth-order valence-electron chi connectivity index (χ4n) is 5.74. The van der Waals surface area contributed by atoms with Gasteiger partial charge >= 0.3 is 11.9 Å². The quantitative estimate of drug-likeness (QED) is 0.0410. The molecule has 0 aromatic rings. The van der Waals surface area contributed by atoms with E-state index in [-0.39, 0.29) is 18.5 Å². The molecule has 0 aliphatic rings. The molecule has 0 aliphatic heterocycles. The summed E-state index contributed by atoms with van der Waals surface area (Å²) in [4.78, 5) is 23.3. The van der Waals surface area contributed by atoms with Crippen LogP contribution in [0.25, 0.3) is 0 Å². The van der Waals surface area contributed by atoms with E-state index < -0.39 is 5.97 Å². The van der Waals surface area contributed by atoms with Gasteiger partial charge in [0, 0.05) is 12.8 Å². The zero-order chi connectivity index (χ0) is 35.0. The molecule has 0 amide bonds. The second-order valence-electron chi connectivity index (χ2n) is 13.4. The summed E-state index contributed by atoms with van der Waals surface area (Å²) < 4.78 is 5.89. The van der Waals surface area contributed by atoms with Crippen molar-refractivity contribution in [3.63, 3.8) is 0 Å². The van der Waals surface area contributed by atoms with Crippen molar-refractivity contribution in [2.24, 2.45) is 0 Å². The number of esters is 1. The Bertz CT molecular complexity index is 850. The number of carbonyl (C=O) groups is 2. The van der Waals surface area contributed by atoms with Crippen LogP contribution in [0.5, 0.6) is 0 Å². The Morgan fingerprint density at radius 3 is 1.46 bits per heavy atom. The highest BCUT2D eigenvalue weighted by molar-refractivity contribution is 5.69. The van der Waals surface area contributed by atoms with Crippen LogP contribution in [-0.4, -0.2) is 23.1 Å². The lowest BCUT2D eigenvalue weighted by Gasteiger charge is -2.14.